The van der Waals surface area contributed by atoms with E-state index in [1.807, 2.05) is 0 Å². The van der Waals surface area contributed by atoms with Crippen LogP contribution < -0.4 is 10.6 Å². The van der Waals surface area contributed by atoms with E-state index >= 15 is 0 Å². The van der Waals surface area contributed by atoms with Gasteiger partial charge in [-0.1, -0.05) is 19.3 Å². The molecule has 1 saturated carbocycles. The molecule has 2 N–H and O–H groups in total. The Hall–Kier alpha value is -3.32. The van der Waals surface area contributed by atoms with Crippen LogP contribution in [0.5, 0.6) is 0 Å². The van der Waals surface area contributed by atoms with Crippen LogP contribution in [0.15, 0.2) is 12.2 Å². The summed E-state index contributed by atoms with van der Waals surface area (Å²) in [5.41, 5.74) is 0. The zero-order valence-corrected chi connectivity index (χ0v) is 19.4. The maximum Gasteiger partial charge on any atom is 0.421 e. The average molecular weight is 495 g/mol. The Morgan fingerprint density at radius 2 is 1.43 bits per heavy atom. The monoisotopic (exact) mass is 495 g/mol. The number of hydrogen-bond acceptors (Lipinski definition) is 12. The third kappa shape index (κ3) is 7.86. The lowest BCUT2D eigenvalue weighted by Crippen LogP contribution is -2.59. The standard InChI is InChI=1S/C22H29N3O10/c1-13(26)32-21-23-14-7-4-5-8-15(14)24-22(35-20(31)19(30)34-21)33-18(29)9-3-2-6-12-25-16(27)10-11-17(25)28/h10-11,14-15,21-24H,2-9,12H2,1H3/t14-,15-,21?,22-/m1/s1. The van der Waals surface area contributed by atoms with Crippen LogP contribution in [0.3, 0.4) is 0 Å². The largest absolute Gasteiger partial charge is 0.421 e. The Kier molecular flexibility index (Phi) is 9.32. The van der Waals surface area contributed by atoms with Crippen molar-refractivity contribution in [2.45, 2.75) is 83.2 Å². The molecule has 1 unspecified atom stereocenters. The molecule has 0 bridgehead atoms. The second kappa shape index (κ2) is 12.4. The number of rotatable bonds is 8. The van der Waals surface area contributed by atoms with Gasteiger partial charge in [0.1, 0.15) is 0 Å². The van der Waals surface area contributed by atoms with Crippen molar-refractivity contribution >= 4 is 35.7 Å². The molecule has 1 aliphatic carbocycles. The van der Waals surface area contributed by atoms with E-state index < -0.39 is 36.7 Å². The van der Waals surface area contributed by atoms with Crippen molar-refractivity contribution in [3.8, 4) is 0 Å². The molecule has 2 fully saturated rings. The highest BCUT2D eigenvalue weighted by Gasteiger charge is 2.37. The normalized spacial score (nSPS) is 27.1. The highest BCUT2D eigenvalue weighted by Crippen LogP contribution is 2.21. The first-order valence-corrected chi connectivity index (χ1v) is 11.6. The summed E-state index contributed by atoms with van der Waals surface area (Å²) in [6.45, 7) is 1.40. The third-order valence-electron chi connectivity index (χ3n) is 5.74. The highest BCUT2D eigenvalue weighted by molar-refractivity contribution is 6.29. The van der Waals surface area contributed by atoms with Crippen LogP contribution in [0.25, 0.3) is 0 Å². The quantitative estimate of drug-likeness (QED) is 0.196. The van der Waals surface area contributed by atoms with Gasteiger partial charge in [-0.2, -0.15) is 0 Å². The molecule has 0 aromatic carbocycles. The maximum absolute atomic E-state index is 12.3. The summed E-state index contributed by atoms with van der Waals surface area (Å²) in [4.78, 5) is 72.0. The molecule has 2 aliphatic heterocycles. The summed E-state index contributed by atoms with van der Waals surface area (Å²) >= 11 is 0. The first-order valence-electron chi connectivity index (χ1n) is 11.6. The number of hydrogen-bond donors (Lipinski definition) is 2. The molecule has 0 spiro atoms. The number of nitrogens with zero attached hydrogens (tertiary/aromatic N) is 1. The molecule has 2 heterocycles. The maximum atomic E-state index is 12.3. The van der Waals surface area contributed by atoms with Gasteiger partial charge in [0.15, 0.2) is 0 Å². The van der Waals surface area contributed by atoms with Crippen LogP contribution >= 0.6 is 0 Å². The molecule has 35 heavy (non-hydrogen) atoms. The minimum absolute atomic E-state index is 0.00118. The van der Waals surface area contributed by atoms with Gasteiger partial charge in [0, 0.05) is 44.1 Å². The Morgan fingerprint density at radius 3 is 1.97 bits per heavy atom. The van der Waals surface area contributed by atoms with Crippen molar-refractivity contribution in [2.75, 3.05) is 6.54 Å². The Bertz CT molecular complexity index is 871. The summed E-state index contributed by atoms with van der Waals surface area (Å²) in [6.07, 6.45) is 3.99. The van der Waals surface area contributed by atoms with Crippen LogP contribution in [0.2, 0.25) is 0 Å². The number of unbranched alkanes of at least 4 members (excludes halogenated alkanes) is 2. The van der Waals surface area contributed by atoms with Gasteiger partial charge < -0.3 is 18.9 Å². The van der Waals surface area contributed by atoms with Crippen molar-refractivity contribution in [1.82, 2.24) is 15.5 Å². The lowest BCUT2D eigenvalue weighted by atomic mass is 9.90. The number of cyclic esters (lactones) is 2. The Balaban J connectivity index is 1.51. The van der Waals surface area contributed by atoms with Gasteiger partial charge in [0.05, 0.1) is 0 Å². The molecule has 2 amide bonds. The molecule has 0 aromatic heterocycles. The van der Waals surface area contributed by atoms with E-state index in [1.54, 1.807) is 0 Å². The van der Waals surface area contributed by atoms with Gasteiger partial charge in [-0.25, -0.2) is 20.2 Å². The third-order valence-corrected chi connectivity index (χ3v) is 5.74. The Morgan fingerprint density at radius 1 is 0.886 bits per heavy atom. The van der Waals surface area contributed by atoms with Gasteiger partial charge in [0.25, 0.3) is 11.8 Å². The van der Waals surface area contributed by atoms with Crippen LogP contribution in [0, 0.1) is 0 Å². The topological polar surface area (TPSA) is 167 Å². The number of nitrogens with one attached hydrogen (secondary N) is 2. The van der Waals surface area contributed by atoms with Gasteiger partial charge in [-0.05, 0) is 25.7 Å². The van der Waals surface area contributed by atoms with Crippen LogP contribution in [-0.2, 0) is 47.7 Å². The molecule has 13 heteroatoms. The number of fused-ring (bicyclic) bond motifs is 1. The van der Waals surface area contributed by atoms with Crippen LogP contribution in [-0.4, -0.2) is 72.0 Å². The predicted octanol–water partition coefficient (Wildman–Crippen LogP) is -0.264. The lowest BCUT2D eigenvalue weighted by molar-refractivity contribution is -0.219. The number of carbonyl (C=O) groups is 6. The highest BCUT2D eigenvalue weighted by atomic mass is 16.8. The van der Waals surface area contributed by atoms with E-state index in [0.29, 0.717) is 32.1 Å². The fraction of sp³-hybridized carbons (Fsp3) is 0.636. The smallest absolute Gasteiger partial charge is 0.411 e. The van der Waals surface area contributed by atoms with Gasteiger partial charge in [-0.15, -0.1) is 0 Å². The number of imide groups is 1. The molecule has 1 saturated heterocycles. The first kappa shape index (κ1) is 26.3. The molecule has 13 nitrogen and oxygen atoms in total. The second-order valence-electron chi connectivity index (χ2n) is 8.38. The van der Waals surface area contributed by atoms with E-state index in [-0.39, 0.29) is 36.9 Å². The van der Waals surface area contributed by atoms with E-state index in [9.17, 15) is 28.8 Å². The number of amides is 2. The van der Waals surface area contributed by atoms with Crippen molar-refractivity contribution in [3.05, 3.63) is 12.2 Å². The summed E-state index contributed by atoms with van der Waals surface area (Å²) in [5, 5.41) is 5.85. The van der Waals surface area contributed by atoms with Gasteiger partial charge in [-0.3, -0.25) is 24.1 Å². The van der Waals surface area contributed by atoms with Gasteiger partial charge >= 0.3 is 36.7 Å². The molecular weight excluding hydrogens is 466 g/mol. The zero-order chi connectivity index (χ0) is 25.4. The zero-order valence-electron chi connectivity index (χ0n) is 19.4. The average Bonchev–Trinajstić information content (AvgIpc) is 3.11. The van der Waals surface area contributed by atoms with Crippen molar-refractivity contribution in [1.29, 1.82) is 0 Å². The van der Waals surface area contributed by atoms with E-state index in [4.69, 9.17) is 18.9 Å². The number of carbonyl (C=O) groups excluding carboxylic acids is 6. The Labute approximate surface area is 201 Å². The van der Waals surface area contributed by atoms with Gasteiger partial charge in [0.2, 0.25) is 0 Å². The van der Waals surface area contributed by atoms with E-state index in [1.165, 1.54) is 12.2 Å². The lowest BCUT2D eigenvalue weighted by Gasteiger charge is -2.37. The molecule has 0 aromatic rings. The van der Waals surface area contributed by atoms with E-state index in [2.05, 4.69) is 10.6 Å². The first-order chi connectivity index (χ1) is 16.7. The van der Waals surface area contributed by atoms with E-state index in [0.717, 1.165) is 24.7 Å². The SMILES string of the molecule is CC(=O)OC1N[C@@H]2CCCC[C@H]2N[C@H](OC(=O)CCCCCN2C(=O)C=CC2=O)OC(=O)C(=O)O1. The van der Waals surface area contributed by atoms with Crippen molar-refractivity contribution in [3.63, 3.8) is 0 Å². The number of esters is 4. The predicted molar refractivity (Wildman–Crippen MR) is 114 cm³/mol. The molecule has 4 atom stereocenters. The number of ether oxygens (including phenoxy) is 4. The minimum atomic E-state index is -1.51. The summed E-state index contributed by atoms with van der Waals surface area (Å²) < 4.78 is 20.1. The van der Waals surface area contributed by atoms with Crippen molar-refractivity contribution < 1.29 is 47.7 Å². The van der Waals surface area contributed by atoms with Crippen LogP contribution in [0.4, 0.5) is 0 Å². The molecular formula is C22H29N3O10. The van der Waals surface area contributed by atoms with Crippen molar-refractivity contribution in [2.24, 2.45) is 0 Å². The van der Waals surface area contributed by atoms with Crippen LogP contribution in [0.1, 0.15) is 58.3 Å². The summed E-state index contributed by atoms with van der Waals surface area (Å²) in [7, 11) is 0. The molecule has 3 rings (SSSR count). The minimum Gasteiger partial charge on any atom is -0.411 e. The fourth-order valence-electron chi connectivity index (χ4n) is 4.05. The molecule has 0 radical (unpaired) electrons. The second-order valence-corrected chi connectivity index (χ2v) is 8.38. The molecule has 192 valence electrons. The molecule has 3 aliphatic rings. The summed E-state index contributed by atoms with van der Waals surface area (Å²) in [5.74, 6) is -4.91. The summed E-state index contributed by atoms with van der Waals surface area (Å²) in [6, 6.07) is -0.641. The fourth-order valence-corrected chi connectivity index (χ4v) is 4.05.